The van der Waals surface area contributed by atoms with Crippen molar-refractivity contribution in [1.29, 1.82) is 0 Å². The third-order valence-electron chi connectivity index (χ3n) is 4.96. The topological polar surface area (TPSA) is 58.6 Å². The molecule has 0 radical (unpaired) electrons. The number of para-hydroxylation sites is 2. The summed E-state index contributed by atoms with van der Waals surface area (Å²) in [6, 6.07) is 23.9. The van der Waals surface area contributed by atoms with E-state index in [2.05, 4.69) is 5.32 Å². The molecule has 0 fully saturated rings. The van der Waals surface area contributed by atoms with E-state index in [-0.39, 0.29) is 18.4 Å². The minimum absolute atomic E-state index is 0.135. The number of hydrogen-bond donors (Lipinski definition) is 1. The number of ether oxygens (including phenoxy) is 1. The highest BCUT2D eigenvalue weighted by Crippen LogP contribution is 2.34. The van der Waals surface area contributed by atoms with E-state index in [1.54, 1.807) is 35.2 Å². The van der Waals surface area contributed by atoms with Gasteiger partial charge in [0.15, 0.2) is 6.10 Å². The van der Waals surface area contributed by atoms with Gasteiger partial charge in [0.1, 0.15) is 5.75 Å². The summed E-state index contributed by atoms with van der Waals surface area (Å²) in [7, 11) is 0. The lowest BCUT2D eigenvalue weighted by atomic mass is 10.1. The van der Waals surface area contributed by atoms with Gasteiger partial charge < -0.3 is 15.0 Å². The fraction of sp³-hybridized carbons (Fsp3) is 0.167. The van der Waals surface area contributed by atoms with Crippen LogP contribution in [0.4, 0.5) is 5.69 Å². The van der Waals surface area contributed by atoms with Crippen molar-refractivity contribution in [2.24, 2.45) is 0 Å². The van der Waals surface area contributed by atoms with Crippen LogP contribution in [0.25, 0.3) is 0 Å². The number of nitrogens with zero attached hydrogens (tertiary/aromatic N) is 1. The predicted molar refractivity (Wildman–Crippen MR) is 117 cm³/mol. The van der Waals surface area contributed by atoms with Crippen LogP contribution in [0, 0.1) is 0 Å². The first-order valence-corrected chi connectivity index (χ1v) is 10.1. The molecule has 0 aromatic heterocycles. The van der Waals surface area contributed by atoms with E-state index in [4.69, 9.17) is 16.3 Å². The lowest BCUT2D eigenvalue weighted by molar-refractivity contribution is -0.127. The van der Waals surface area contributed by atoms with Crippen molar-refractivity contribution in [2.45, 2.75) is 12.5 Å². The molecule has 4 rings (SSSR count). The van der Waals surface area contributed by atoms with Gasteiger partial charge >= 0.3 is 0 Å². The van der Waals surface area contributed by atoms with Gasteiger partial charge in [-0.15, -0.1) is 0 Å². The minimum atomic E-state index is -0.785. The number of hydrogen-bond acceptors (Lipinski definition) is 3. The molecule has 1 aliphatic heterocycles. The molecule has 1 N–H and O–H groups in total. The number of fused-ring (bicyclic) bond motifs is 1. The molecular weight excluding hydrogens is 400 g/mol. The average molecular weight is 421 g/mol. The first-order valence-electron chi connectivity index (χ1n) is 9.76. The second-order valence-electron chi connectivity index (χ2n) is 7.02. The second-order valence-corrected chi connectivity index (χ2v) is 7.46. The van der Waals surface area contributed by atoms with Gasteiger partial charge in [-0.25, -0.2) is 0 Å². The van der Waals surface area contributed by atoms with Crippen molar-refractivity contribution >= 4 is 29.1 Å². The summed E-state index contributed by atoms with van der Waals surface area (Å²) in [6.45, 7) is 0.630. The molecule has 6 heteroatoms. The first-order chi connectivity index (χ1) is 14.6. The molecule has 1 atom stereocenters. The second kappa shape index (κ2) is 9.01. The van der Waals surface area contributed by atoms with Gasteiger partial charge in [0.25, 0.3) is 11.8 Å². The first kappa shape index (κ1) is 20.0. The van der Waals surface area contributed by atoms with Crippen molar-refractivity contribution in [3.63, 3.8) is 0 Å². The third kappa shape index (κ3) is 4.47. The molecule has 0 saturated carbocycles. The molecule has 0 bridgehead atoms. The molecule has 1 unspecified atom stereocenters. The van der Waals surface area contributed by atoms with Crippen LogP contribution >= 0.6 is 11.6 Å². The average Bonchev–Trinajstić information content (AvgIpc) is 2.79. The Balaban J connectivity index is 1.48. The fourth-order valence-corrected chi connectivity index (χ4v) is 3.53. The molecule has 1 heterocycles. The molecule has 152 valence electrons. The highest BCUT2D eigenvalue weighted by Gasteiger charge is 2.34. The largest absolute Gasteiger partial charge is 0.477 e. The van der Waals surface area contributed by atoms with Crippen LogP contribution in [-0.4, -0.2) is 31.0 Å². The van der Waals surface area contributed by atoms with Crippen LogP contribution in [-0.2, 0) is 11.2 Å². The number of halogens is 1. The van der Waals surface area contributed by atoms with Crippen molar-refractivity contribution in [2.75, 3.05) is 18.0 Å². The summed E-state index contributed by atoms with van der Waals surface area (Å²) in [5.74, 6) is 0.0631. The van der Waals surface area contributed by atoms with E-state index in [0.29, 0.717) is 28.6 Å². The maximum absolute atomic E-state index is 13.1. The summed E-state index contributed by atoms with van der Waals surface area (Å²) in [6.07, 6.45) is -0.0598. The van der Waals surface area contributed by atoms with E-state index in [0.717, 1.165) is 12.0 Å². The predicted octanol–water partition coefficient (Wildman–Crippen LogP) is 4.11. The Morgan fingerprint density at radius 1 is 0.967 bits per heavy atom. The monoisotopic (exact) mass is 420 g/mol. The SMILES string of the molecule is O=C(NCCc1ccccc1)C1CN(C(=O)c2ccc(Cl)cc2)c2ccccc2O1. The maximum atomic E-state index is 13.1. The van der Waals surface area contributed by atoms with Crippen LogP contribution in [0.15, 0.2) is 78.9 Å². The smallest absolute Gasteiger partial charge is 0.262 e. The van der Waals surface area contributed by atoms with Crippen molar-refractivity contribution < 1.29 is 14.3 Å². The van der Waals surface area contributed by atoms with Gasteiger partial charge in [-0.1, -0.05) is 54.1 Å². The standard InChI is InChI=1S/C24H21ClN2O3/c25-19-12-10-18(11-13-19)24(29)27-16-22(30-21-9-5-4-8-20(21)27)23(28)26-15-14-17-6-2-1-3-7-17/h1-13,22H,14-16H2,(H,26,28). The van der Waals surface area contributed by atoms with Gasteiger partial charge in [-0.05, 0) is 48.4 Å². The Hall–Kier alpha value is -3.31. The molecule has 1 aliphatic rings. The lowest BCUT2D eigenvalue weighted by Gasteiger charge is -2.34. The third-order valence-corrected chi connectivity index (χ3v) is 5.21. The number of rotatable bonds is 5. The molecule has 2 amide bonds. The van der Waals surface area contributed by atoms with Gasteiger partial charge in [-0.2, -0.15) is 0 Å². The van der Waals surface area contributed by atoms with Gasteiger partial charge in [0.05, 0.1) is 12.2 Å². The number of carbonyl (C=O) groups excluding carboxylic acids is 2. The van der Waals surface area contributed by atoms with Gasteiger partial charge in [0.2, 0.25) is 0 Å². The highest BCUT2D eigenvalue weighted by molar-refractivity contribution is 6.30. The van der Waals surface area contributed by atoms with Crippen LogP contribution in [0.5, 0.6) is 5.75 Å². The van der Waals surface area contributed by atoms with Gasteiger partial charge in [0, 0.05) is 17.1 Å². The van der Waals surface area contributed by atoms with Crippen LogP contribution in [0.1, 0.15) is 15.9 Å². The van der Waals surface area contributed by atoms with Crippen LogP contribution < -0.4 is 15.0 Å². The Kier molecular flexibility index (Phi) is 6.00. The zero-order valence-corrected chi connectivity index (χ0v) is 17.0. The molecule has 3 aromatic rings. The van der Waals surface area contributed by atoms with E-state index in [1.165, 1.54) is 0 Å². The maximum Gasteiger partial charge on any atom is 0.262 e. The van der Waals surface area contributed by atoms with E-state index < -0.39 is 6.10 Å². The van der Waals surface area contributed by atoms with E-state index in [1.807, 2.05) is 48.5 Å². The summed E-state index contributed by atoms with van der Waals surface area (Å²) in [4.78, 5) is 27.5. The zero-order valence-electron chi connectivity index (χ0n) is 16.3. The Morgan fingerprint density at radius 3 is 2.43 bits per heavy atom. The molecule has 0 spiro atoms. The normalized spacial score (nSPS) is 15.1. The number of anilines is 1. The molecular formula is C24H21ClN2O3. The zero-order chi connectivity index (χ0) is 20.9. The van der Waals surface area contributed by atoms with E-state index >= 15 is 0 Å². The summed E-state index contributed by atoms with van der Waals surface area (Å²) >= 11 is 5.94. The Morgan fingerprint density at radius 2 is 1.67 bits per heavy atom. The van der Waals surface area contributed by atoms with Gasteiger partial charge in [-0.3, -0.25) is 9.59 Å². The summed E-state index contributed by atoms with van der Waals surface area (Å²) in [5.41, 5.74) is 2.29. The van der Waals surface area contributed by atoms with Crippen LogP contribution in [0.3, 0.4) is 0 Å². The quantitative estimate of drug-likeness (QED) is 0.675. The summed E-state index contributed by atoms with van der Waals surface area (Å²) in [5, 5.41) is 3.48. The minimum Gasteiger partial charge on any atom is -0.477 e. The molecule has 30 heavy (non-hydrogen) atoms. The number of benzene rings is 3. The molecule has 5 nitrogen and oxygen atoms in total. The molecule has 0 aliphatic carbocycles. The number of nitrogens with one attached hydrogen (secondary N) is 1. The number of carbonyl (C=O) groups is 2. The fourth-order valence-electron chi connectivity index (χ4n) is 3.40. The van der Waals surface area contributed by atoms with Crippen molar-refractivity contribution in [3.8, 4) is 5.75 Å². The summed E-state index contributed by atoms with van der Waals surface area (Å²) < 4.78 is 5.90. The molecule has 3 aromatic carbocycles. The Labute approximate surface area is 180 Å². The highest BCUT2D eigenvalue weighted by atomic mass is 35.5. The van der Waals surface area contributed by atoms with E-state index in [9.17, 15) is 9.59 Å². The number of amides is 2. The molecule has 0 saturated heterocycles. The van der Waals surface area contributed by atoms with Crippen LogP contribution in [0.2, 0.25) is 5.02 Å². The lowest BCUT2D eigenvalue weighted by Crippen LogP contribution is -2.51. The van der Waals surface area contributed by atoms with Crippen molar-refractivity contribution in [1.82, 2.24) is 5.32 Å². The Bertz CT molecular complexity index is 1040. The van der Waals surface area contributed by atoms with Crippen molar-refractivity contribution in [3.05, 3.63) is 95.0 Å².